The van der Waals surface area contributed by atoms with Gasteiger partial charge < -0.3 is 25.0 Å². The van der Waals surface area contributed by atoms with Crippen LogP contribution >= 0.6 is 0 Å². The van der Waals surface area contributed by atoms with Gasteiger partial charge in [0, 0.05) is 55.8 Å². The normalized spacial score (nSPS) is 15.5. The third-order valence-electron chi connectivity index (χ3n) is 7.68. The number of benzene rings is 1. The minimum absolute atomic E-state index is 0.0330. The molecule has 0 saturated carbocycles. The van der Waals surface area contributed by atoms with E-state index in [0.717, 1.165) is 10.6 Å². The second kappa shape index (κ2) is 11.9. The molecule has 226 valence electrons. The largest absolute Gasteiger partial charge is 0.465 e. The number of rotatable bonds is 7. The van der Waals surface area contributed by atoms with Crippen molar-refractivity contribution in [3.8, 4) is 16.9 Å². The van der Waals surface area contributed by atoms with Crippen LogP contribution < -0.4 is 16.0 Å². The molecule has 1 aromatic carbocycles. The molecular formula is C30H32F2N6O5. The fourth-order valence-corrected chi connectivity index (χ4v) is 5.62. The molecule has 0 spiro atoms. The number of aryl methyl sites for hydroxylation is 1. The SMILES string of the molecule is CC(C)c1[nH]ccc(=O)c1-n1c(=O)nc(N2CCN(C(=O)O)C[C@@H]2C)c2cc(F)c(-c3c(F)cccc3CCCO)nc21. The van der Waals surface area contributed by atoms with Crippen molar-refractivity contribution in [3.63, 3.8) is 0 Å². The number of carboxylic acid groups (broad SMARTS) is 1. The molecule has 0 aliphatic carbocycles. The minimum Gasteiger partial charge on any atom is -0.465 e. The predicted octanol–water partition coefficient (Wildman–Crippen LogP) is 3.65. The first kappa shape index (κ1) is 29.8. The van der Waals surface area contributed by atoms with E-state index in [4.69, 9.17) is 0 Å². The Labute approximate surface area is 245 Å². The van der Waals surface area contributed by atoms with Crippen LogP contribution in [0.2, 0.25) is 0 Å². The van der Waals surface area contributed by atoms with Crippen LogP contribution in [0, 0.1) is 11.6 Å². The Kier molecular flexibility index (Phi) is 8.27. The minimum atomic E-state index is -1.08. The summed E-state index contributed by atoms with van der Waals surface area (Å²) < 4.78 is 32.4. The number of piperazine rings is 1. The van der Waals surface area contributed by atoms with Crippen molar-refractivity contribution < 1.29 is 23.8 Å². The number of nitrogens with one attached hydrogen (secondary N) is 1. The molecule has 43 heavy (non-hydrogen) atoms. The second-order valence-corrected chi connectivity index (χ2v) is 10.9. The van der Waals surface area contributed by atoms with Gasteiger partial charge in [-0.3, -0.25) is 4.79 Å². The second-order valence-electron chi connectivity index (χ2n) is 10.9. The fraction of sp³-hybridized carbons (Fsp3) is 0.367. The average Bonchev–Trinajstić information content (AvgIpc) is 2.96. The highest BCUT2D eigenvalue weighted by Gasteiger charge is 2.31. The van der Waals surface area contributed by atoms with E-state index in [2.05, 4.69) is 15.0 Å². The maximum Gasteiger partial charge on any atom is 0.407 e. The standard InChI is InChI=1S/C30H32F2N6O5/c1-16(2)24-26(22(40)9-10-33-24)38-28-19(27(35-29(38)41)37-12-11-36(30(42)43)15-17(37)3)14-21(32)25(34-28)23-18(7-5-13-39)6-4-8-20(23)31/h4,6,8-10,14,16-17,39H,5,7,11-13,15H2,1-3H3,(H,33,40)(H,42,43)/t17-/m0/s1. The molecule has 11 nitrogen and oxygen atoms in total. The Hall–Kier alpha value is -4.65. The van der Waals surface area contributed by atoms with E-state index in [1.165, 1.54) is 29.3 Å². The number of aliphatic hydroxyl groups is 1. The van der Waals surface area contributed by atoms with Crippen molar-refractivity contribution >= 4 is 22.9 Å². The van der Waals surface area contributed by atoms with Crippen LogP contribution in [0.4, 0.5) is 19.4 Å². The Morgan fingerprint density at radius 1 is 1.14 bits per heavy atom. The van der Waals surface area contributed by atoms with E-state index < -0.39 is 34.9 Å². The van der Waals surface area contributed by atoms with E-state index in [1.54, 1.807) is 17.9 Å². The number of aromatic amines is 1. The summed E-state index contributed by atoms with van der Waals surface area (Å²) in [5, 5.41) is 18.9. The van der Waals surface area contributed by atoms with E-state index >= 15 is 8.78 Å². The van der Waals surface area contributed by atoms with Gasteiger partial charge in [-0.25, -0.2) is 27.9 Å². The van der Waals surface area contributed by atoms with Crippen LogP contribution in [-0.2, 0) is 6.42 Å². The van der Waals surface area contributed by atoms with E-state index in [-0.39, 0.29) is 72.4 Å². The summed E-state index contributed by atoms with van der Waals surface area (Å²) in [6.07, 6.45) is 0.939. The van der Waals surface area contributed by atoms with Crippen LogP contribution in [0.5, 0.6) is 0 Å². The van der Waals surface area contributed by atoms with Gasteiger partial charge in [0.2, 0.25) is 5.43 Å². The number of aromatic nitrogens is 4. The number of hydrogen-bond donors (Lipinski definition) is 3. The maximum atomic E-state index is 16.1. The lowest BCUT2D eigenvalue weighted by Gasteiger charge is -2.39. The number of aliphatic hydroxyl groups excluding tert-OH is 1. The van der Waals surface area contributed by atoms with Gasteiger partial charge in [0.1, 0.15) is 28.8 Å². The van der Waals surface area contributed by atoms with Gasteiger partial charge in [-0.2, -0.15) is 4.98 Å². The number of H-pyrrole nitrogens is 1. The Bertz CT molecular complexity index is 1820. The smallest absolute Gasteiger partial charge is 0.407 e. The van der Waals surface area contributed by atoms with Crippen LogP contribution in [0.3, 0.4) is 0 Å². The van der Waals surface area contributed by atoms with Crippen molar-refractivity contribution in [2.45, 2.75) is 45.6 Å². The van der Waals surface area contributed by atoms with Crippen molar-refractivity contribution in [1.82, 2.24) is 24.4 Å². The van der Waals surface area contributed by atoms with E-state index in [9.17, 15) is 24.6 Å². The Balaban J connectivity index is 1.85. The summed E-state index contributed by atoms with van der Waals surface area (Å²) in [4.78, 5) is 53.5. The number of hydrogen-bond acceptors (Lipinski definition) is 7. The molecule has 4 aromatic rings. The monoisotopic (exact) mass is 594 g/mol. The summed E-state index contributed by atoms with van der Waals surface area (Å²) >= 11 is 0. The molecule has 3 aromatic heterocycles. The number of fused-ring (bicyclic) bond motifs is 1. The van der Waals surface area contributed by atoms with Crippen molar-refractivity contribution in [1.29, 1.82) is 0 Å². The molecule has 1 aliphatic heterocycles. The molecule has 3 N–H and O–H groups in total. The molecule has 1 fully saturated rings. The number of pyridine rings is 2. The lowest BCUT2D eigenvalue weighted by atomic mass is 9.98. The zero-order chi connectivity index (χ0) is 31.0. The maximum absolute atomic E-state index is 16.1. The third kappa shape index (κ3) is 5.47. The first-order chi connectivity index (χ1) is 20.5. The van der Waals surface area contributed by atoms with Gasteiger partial charge in [-0.1, -0.05) is 26.0 Å². The number of nitrogens with zero attached hydrogens (tertiary/aromatic N) is 5. The topological polar surface area (TPSA) is 145 Å². The van der Waals surface area contributed by atoms with Gasteiger partial charge in [-0.15, -0.1) is 0 Å². The van der Waals surface area contributed by atoms with E-state index in [0.29, 0.717) is 17.7 Å². The Morgan fingerprint density at radius 2 is 1.91 bits per heavy atom. The van der Waals surface area contributed by atoms with Crippen LogP contribution in [-0.4, -0.2) is 73.0 Å². The highest BCUT2D eigenvalue weighted by atomic mass is 19.1. The molecule has 13 heteroatoms. The molecule has 1 amide bonds. The third-order valence-corrected chi connectivity index (χ3v) is 7.68. The number of carbonyl (C=O) groups is 1. The van der Waals surface area contributed by atoms with Gasteiger partial charge in [-0.05, 0) is 43.4 Å². The van der Waals surface area contributed by atoms with Crippen LogP contribution in [0.25, 0.3) is 28.0 Å². The lowest BCUT2D eigenvalue weighted by molar-refractivity contribution is 0.136. The van der Waals surface area contributed by atoms with Crippen molar-refractivity contribution in [2.24, 2.45) is 0 Å². The summed E-state index contributed by atoms with van der Waals surface area (Å²) in [6, 6.07) is 6.24. The van der Waals surface area contributed by atoms with Crippen molar-refractivity contribution in [3.05, 3.63) is 80.1 Å². The summed E-state index contributed by atoms with van der Waals surface area (Å²) in [6.45, 7) is 5.69. The molecule has 0 unspecified atom stereocenters. The molecule has 1 atom stereocenters. The molecule has 1 saturated heterocycles. The zero-order valence-corrected chi connectivity index (χ0v) is 24.0. The first-order valence-corrected chi connectivity index (χ1v) is 14.0. The van der Waals surface area contributed by atoms with Crippen LogP contribution in [0.1, 0.15) is 44.4 Å². The van der Waals surface area contributed by atoms with Gasteiger partial charge in [0.15, 0.2) is 5.65 Å². The molecule has 0 radical (unpaired) electrons. The average molecular weight is 595 g/mol. The Morgan fingerprint density at radius 3 is 2.58 bits per heavy atom. The quantitative estimate of drug-likeness (QED) is 0.294. The highest BCUT2D eigenvalue weighted by Crippen LogP contribution is 2.34. The summed E-state index contributed by atoms with van der Waals surface area (Å²) in [5.74, 6) is -1.76. The number of halogens is 2. The van der Waals surface area contributed by atoms with Crippen molar-refractivity contribution in [2.75, 3.05) is 31.1 Å². The molecule has 1 aliphatic rings. The van der Waals surface area contributed by atoms with Crippen LogP contribution in [0.15, 0.2) is 46.1 Å². The molecule has 4 heterocycles. The van der Waals surface area contributed by atoms with Gasteiger partial charge >= 0.3 is 11.8 Å². The van der Waals surface area contributed by atoms with Gasteiger partial charge in [0.25, 0.3) is 0 Å². The van der Waals surface area contributed by atoms with Gasteiger partial charge in [0.05, 0.1) is 5.39 Å². The lowest BCUT2D eigenvalue weighted by Crippen LogP contribution is -2.54. The number of amides is 1. The number of anilines is 1. The summed E-state index contributed by atoms with van der Waals surface area (Å²) in [7, 11) is 0. The summed E-state index contributed by atoms with van der Waals surface area (Å²) in [5.41, 5.74) is -1.10. The zero-order valence-electron chi connectivity index (χ0n) is 24.0. The van der Waals surface area contributed by atoms with E-state index in [1.807, 2.05) is 13.8 Å². The molecule has 0 bridgehead atoms. The molecule has 5 rings (SSSR count). The fourth-order valence-electron chi connectivity index (χ4n) is 5.62. The molecular weight excluding hydrogens is 562 g/mol. The first-order valence-electron chi connectivity index (χ1n) is 14.0. The highest BCUT2D eigenvalue weighted by molar-refractivity contribution is 5.90. The predicted molar refractivity (Wildman–Crippen MR) is 157 cm³/mol.